The van der Waals surface area contributed by atoms with Crippen molar-refractivity contribution < 1.29 is 0 Å². The molecule has 3 unspecified atom stereocenters. The summed E-state index contributed by atoms with van der Waals surface area (Å²) in [5.74, 6) is 0. The number of nitrogens with zero attached hydrogens (tertiary/aromatic N) is 3. The molecule has 3 heteroatoms. The normalized spacial score (nSPS) is 44.0. The Kier molecular flexibility index (Phi) is 2.49. The first-order valence-electron chi connectivity index (χ1n) is 6.38. The largest absolute Gasteiger partial charge is 0.305 e. The standard InChI is InChI=1S/C12H23N3/c1-13-6-5-12(7-13)15-9-10-3-4-11(15)8-14(10)2/h10-12H,3-9H2,1-2H3. The van der Waals surface area contributed by atoms with Gasteiger partial charge in [-0.15, -0.1) is 0 Å². The zero-order chi connectivity index (χ0) is 10.4. The highest BCUT2D eigenvalue weighted by Gasteiger charge is 2.41. The Morgan fingerprint density at radius 1 is 0.800 bits per heavy atom. The minimum atomic E-state index is 0.848. The van der Waals surface area contributed by atoms with E-state index >= 15 is 0 Å². The van der Waals surface area contributed by atoms with Gasteiger partial charge < -0.3 is 9.80 Å². The van der Waals surface area contributed by atoms with Crippen molar-refractivity contribution >= 4 is 0 Å². The average molecular weight is 209 g/mol. The van der Waals surface area contributed by atoms with Crippen LogP contribution < -0.4 is 0 Å². The lowest BCUT2D eigenvalue weighted by molar-refractivity contribution is -0.0282. The van der Waals surface area contributed by atoms with Gasteiger partial charge in [0.2, 0.25) is 0 Å². The Bertz CT molecular complexity index is 239. The molecule has 0 N–H and O–H groups in total. The molecule has 4 rings (SSSR count). The topological polar surface area (TPSA) is 9.72 Å². The van der Waals surface area contributed by atoms with E-state index < -0.39 is 0 Å². The van der Waals surface area contributed by atoms with Crippen molar-refractivity contribution in [3.63, 3.8) is 0 Å². The summed E-state index contributed by atoms with van der Waals surface area (Å²) in [5, 5.41) is 0. The van der Waals surface area contributed by atoms with Crippen LogP contribution in [0.15, 0.2) is 0 Å². The van der Waals surface area contributed by atoms with Gasteiger partial charge in [-0.1, -0.05) is 0 Å². The van der Waals surface area contributed by atoms with Gasteiger partial charge in [-0.2, -0.15) is 0 Å². The predicted octanol–water partition coefficient (Wildman–Crippen LogP) is 0.469. The number of rotatable bonds is 1. The summed E-state index contributed by atoms with van der Waals surface area (Å²) in [6.07, 6.45) is 4.26. The molecule has 86 valence electrons. The molecule has 15 heavy (non-hydrogen) atoms. The fraction of sp³-hybridized carbons (Fsp3) is 1.00. The van der Waals surface area contributed by atoms with Crippen LogP contribution in [0.5, 0.6) is 0 Å². The monoisotopic (exact) mass is 209 g/mol. The van der Waals surface area contributed by atoms with Crippen LogP contribution in [0.25, 0.3) is 0 Å². The minimum Gasteiger partial charge on any atom is -0.305 e. The quantitative estimate of drug-likeness (QED) is 0.621. The van der Waals surface area contributed by atoms with Crippen molar-refractivity contribution in [3.8, 4) is 0 Å². The molecule has 0 saturated carbocycles. The highest BCUT2D eigenvalue weighted by molar-refractivity contribution is 4.98. The smallest absolute Gasteiger partial charge is 0.0239 e. The summed E-state index contributed by atoms with van der Waals surface area (Å²) in [6.45, 7) is 5.24. The summed E-state index contributed by atoms with van der Waals surface area (Å²) in [4.78, 5) is 7.87. The molecule has 3 nitrogen and oxygen atoms in total. The maximum atomic E-state index is 2.82. The zero-order valence-electron chi connectivity index (χ0n) is 10.0. The van der Waals surface area contributed by atoms with Crippen molar-refractivity contribution in [1.29, 1.82) is 0 Å². The molecule has 4 aliphatic rings. The number of piperazine rings is 1. The van der Waals surface area contributed by atoms with E-state index in [1.54, 1.807) is 0 Å². The Balaban J connectivity index is 1.68. The van der Waals surface area contributed by atoms with Gasteiger partial charge >= 0.3 is 0 Å². The lowest BCUT2D eigenvalue weighted by Gasteiger charge is -2.52. The predicted molar refractivity (Wildman–Crippen MR) is 62.0 cm³/mol. The number of likely N-dealkylation sites (tertiary alicyclic amines) is 1. The molecule has 0 spiro atoms. The third-order valence-electron chi connectivity index (χ3n) is 4.68. The fourth-order valence-corrected chi connectivity index (χ4v) is 3.70. The molecule has 0 aromatic heterocycles. The van der Waals surface area contributed by atoms with Crippen LogP contribution in [-0.2, 0) is 0 Å². The molecule has 0 radical (unpaired) electrons. The van der Waals surface area contributed by atoms with E-state index in [2.05, 4.69) is 28.8 Å². The number of hydrogen-bond donors (Lipinski definition) is 0. The van der Waals surface area contributed by atoms with Crippen molar-refractivity contribution in [2.45, 2.75) is 37.4 Å². The number of hydrogen-bond acceptors (Lipinski definition) is 3. The lowest BCUT2D eigenvalue weighted by atomic mass is 9.90. The van der Waals surface area contributed by atoms with Crippen molar-refractivity contribution in [1.82, 2.24) is 14.7 Å². The van der Waals surface area contributed by atoms with Gasteiger partial charge in [0.25, 0.3) is 0 Å². The van der Waals surface area contributed by atoms with E-state index in [-0.39, 0.29) is 0 Å². The second-order valence-electron chi connectivity index (χ2n) is 5.73. The molecule has 4 fully saturated rings. The number of piperidine rings is 2. The third kappa shape index (κ3) is 1.71. The van der Waals surface area contributed by atoms with E-state index in [9.17, 15) is 0 Å². The van der Waals surface area contributed by atoms with Crippen molar-refractivity contribution in [3.05, 3.63) is 0 Å². The molecule has 4 saturated heterocycles. The zero-order valence-corrected chi connectivity index (χ0v) is 10.0. The highest BCUT2D eigenvalue weighted by Crippen LogP contribution is 2.31. The highest BCUT2D eigenvalue weighted by atomic mass is 15.3. The van der Waals surface area contributed by atoms with Crippen LogP contribution in [0.3, 0.4) is 0 Å². The first-order chi connectivity index (χ1) is 7.24. The van der Waals surface area contributed by atoms with Crippen molar-refractivity contribution in [2.24, 2.45) is 0 Å². The van der Waals surface area contributed by atoms with E-state index in [0.29, 0.717) is 0 Å². The van der Waals surface area contributed by atoms with Gasteiger partial charge in [0.05, 0.1) is 0 Å². The van der Waals surface area contributed by atoms with Crippen LogP contribution >= 0.6 is 0 Å². The molecule has 0 aromatic carbocycles. The maximum absolute atomic E-state index is 2.82. The molecule has 4 heterocycles. The van der Waals surface area contributed by atoms with E-state index in [0.717, 1.165) is 18.1 Å². The second-order valence-corrected chi connectivity index (χ2v) is 5.73. The molecular weight excluding hydrogens is 186 g/mol. The Morgan fingerprint density at radius 3 is 2.07 bits per heavy atom. The Labute approximate surface area is 93.0 Å². The van der Waals surface area contributed by atoms with E-state index in [1.807, 2.05) is 0 Å². The fourth-order valence-electron chi connectivity index (χ4n) is 3.70. The van der Waals surface area contributed by atoms with Gasteiger partial charge in [0.15, 0.2) is 0 Å². The molecule has 2 bridgehead atoms. The first-order valence-corrected chi connectivity index (χ1v) is 6.38. The van der Waals surface area contributed by atoms with Crippen LogP contribution in [0.2, 0.25) is 0 Å². The maximum Gasteiger partial charge on any atom is 0.0239 e. The molecule has 4 aliphatic heterocycles. The second kappa shape index (κ2) is 3.72. The van der Waals surface area contributed by atoms with E-state index in [4.69, 9.17) is 0 Å². The van der Waals surface area contributed by atoms with Gasteiger partial charge in [0.1, 0.15) is 0 Å². The first kappa shape index (κ1) is 10.1. The molecule has 3 atom stereocenters. The van der Waals surface area contributed by atoms with Gasteiger partial charge in [-0.05, 0) is 39.9 Å². The van der Waals surface area contributed by atoms with Crippen LogP contribution in [0.1, 0.15) is 19.3 Å². The number of likely N-dealkylation sites (N-methyl/N-ethyl adjacent to an activating group) is 2. The van der Waals surface area contributed by atoms with Crippen LogP contribution in [0.4, 0.5) is 0 Å². The van der Waals surface area contributed by atoms with Gasteiger partial charge in [0, 0.05) is 37.8 Å². The molecule has 0 aliphatic carbocycles. The van der Waals surface area contributed by atoms with E-state index in [1.165, 1.54) is 45.4 Å². The molecule has 0 aromatic rings. The Hall–Kier alpha value is -0.120. The molecular formula is C12H23N3. The van der Waals surface area contributed by atoms with Crippen molar-refractivity contribution in [2.75, 3.05) is 40.3 Å². The summed E-state index contributed by atoms with van der Waals surface area (Å²) >= 11 is 0. The summed E-state index contributed by atoms with van der Waals surface area (Å²) in [5.41, 5.74) is 0. The summed E-state index contributed by atoms with van der Waals surface area (Å²) in [6, 6.07) is 2.56. The van der Waals surface area contributed by atoms with Gasteiger partial charge in [-0.25, -0.2) is 0 Å². The van der Waals surface area contributed by atoms with Gasteiger partial charge in [-0.3, -0.25) is 4.90 Å². The average Bonchev–Trinajstić information content (AvgIpc) is 2.65. The SMILES string of the molecule is CN1CCC(N2CC3CCC2CN3C)C1. The van der Waals surface area contributed by atoms with Crippen LogP contribution in [0, 0.1) is 0 Å². The summed E-state index contributed by atoms with van der Waals surface area (Å²) < 4.78 is 0. The minimum absolute atomic E-state index is 0.848. The lowest BCUT2D eigenvalue weighted by Crippen LogP contribution is -2.63. The van der Waals surface area contributed by atoms with Crippen LogP contribution in [-0.4, -0.2) is 73.1 Å². The number of fused-ring (bicyclic) bond motifs is 3. The third-order valence-corrected chi connectivity index (χ3v) is 4.68. The molecule has 0 amide bonds. The summed E-state index contributed by atoms with van der Waals surface area (Å²) in [7, 11) is 4.56. The Morgan fingerprint density at radius 2 is 1.53 bits per heavy atom.